The molecule has 9 heavy (non-hydrogen) atoms. The van der Waals surface area contributed by atoms with Gasteiger partial charge in [0.25, 0.3) is 0 Å². The number of ether oxygens (including phenoxy) is 1. The van der Waals surface area contributed by atoms with Crippen molar-refractivity contribution in [1.82, 2.24) is 0 Å². The summed E-state index contributed by atoms with van der Waals surface area (Å²) < 4.78 is 4.25. The SMILES string of the molecule is C.C.C.COC.C[SiH2]C. The van der Waals surface area contributed by atoms with Crippen molar-refractivity contribution in [3.8, 4) is 0 Å². The van der Waals surface area contributed by atoms with Crippen molar-refractivity contribution < 1.29 is 4.74 Å². The second-order valence-corrected chi connectivity index (χ2v) is 2.53. The monoisotopic (exact) mass is 154 g/mol. The summed E-state index contributed by atoms with van der Waals surface area (Å²) in [5, 5.41) is 0. The van der Waals surface area contributed by atoms with Gasteiger partial charge in [-0.05, 0) is 0 Å². The van der Waals surface area contributed by atoms with Crippen LogP contribution in [0.3, 0.4) is 0 Å². The predicted molar refractivity (Wildman–Crippen MR) is 53.4 cm³/mol. The lowest BCUT2D eigenvalue weighted by molar-refractivity contribution is 0.277. The van der Waals surface area contributed by atoms with Crippen LogP contribution in [0.15, 0.2) is 0 Å². The minimum atomic E-state index is 0. The summed E-state index contributed by atoms with van der Waals surface area (Å²) in [5.41, 5.74) is 0. The van der Waals surface area contributed by atoms with E-state index in [1.165, 1.54) is 0 Å². The van der Waals surface area contributed by atoms with Gasteiger partial charge in [-0.25, -0.2) is 0 Å². The molecule has 0 fully saturated rings. The van der Waals surface area contributed by atoms with Crippen LogP contribution in [0.5, 0.6) is 0 Å². The first-order valence-electron chi connectivity index (χ1n) is 2.23. The molecule has 0 unspecified atom stereocenters. The maximum Gasteiger partial charge on any atom is 0.0351 e. The minimum Gasteiger partial charge on any atom is -0.388 e. The van der Waals surface area contributed by atoms with Crippen LogP contribution < -0.4 is 0 Å². The first-order valence-corrected chi connectivity index (χ1v) is 5.06. The molecule has 64 valence electrons. The van der Waals surface area contributed by atoms with E-state index in [1.807, 2.05) is 0 Å². The topological polar surface area (TPSA) is 9.23 Å². The Morgan fingerprint density at radius 3 is 0.889 bits per heavy atom. The summed E-state index contributed by atoms with van der Waals surface area (Å²) >= 11 is 0. The zero-order valence-corrected chi connectivity index (χ0v) is 6.53. The third-order valence-electron chi connectivity index (χ3n) is 0. The standard InChI is InChI=1S/C2H6O.C2H8Si.3CH4/c2*1-3-2;;;/h1-2H3;3H2,1-2H3;3*1H4. The average Bonchev–Trinajstić information content (AvgIpc) is 1.39. The fourth-order valence-corrected chi connectivity index (χ4v) is 0. The molecule has 0 amide bonds. The zero-order valence-electron chi connectivity index (χ0n) is 5.12. The van der Waals surface area contributed by atoms with Gasteiger partial charge in [-0.2, -0.15) is 0 Å². The molecular weight excluding hydrogens is 128 g/mol. The molecule has 1 nitrogen and oxygen atoms in total. The van der Waals surface area contributed by atoms with Crippen LogP contribution >= 0.6 is 0 Å². The van der Waals surface area contributed by atoms with Crippen molar-refractivity contribution in [2.75, 3.05) is 14.2 Å². The fourth-order valence-electron chi connectivity index (χ4n) is 0. The Labute approximate surface area is 64.6 Å². The summed E-state index contributed by atoms with van der Waals surface area (Å²) in [6.45, 7) is 4.53. The van der Waals surface area contributed by atoms with Crippen molar-refractivity contribution in [2.24, 2.45) is 0 Å². The second kappa shape index (κ2) is 88.9. The van der Waals surface area contributed by atoms with Crippen LogP contribution in [0.4, 0.5) is 0 Å². The number of hydrogen-bond acceptors (Lipinski definition) is 1. The van der Waals surface area contributed by atoms with Crippen molar-refractivity contribution in [3.63, 3.8) is 0 Å². The van der Waals surface area contributed by atoms with Crippen molar-refractivity contribution in [1.29, 1.82) is 0 Å². The van der Waals surface area contributed by atoms with Crippen LogP contribution in [0.1, 0.15) is 22.3 Å². The molecule has 0 aromatic rings. The zero-order chi connectivity index (χ0) is 5.41. The highest BCUT2D eigenvalue weighted by Gasteiger charge is 1.38. The first-order chi connectivity index (χ1) is 2.83. The van der Waals surface area contributed by atoms with Crippen LogP contribution in [-0.4, -0.2) is 23.7 Å². The smallest absolute Gasteiger partial charge is 0.0351 e. The molecule has 0 N–H and O–H groups in total. The Bertz CT molecular complexity index is 10.9. The fraction of sp³-hybridized carbons (Fsp3) is 1.00. The van der Waals surface area contributed by atoms with Gasteiger partial charge in [0.1, 0.15) is 0 Å². The van der Waals surface area contributed by atoms with E-state index >= 15 is 0 Å². The van der Waals surface area contributed by atoms with Gasteiger partial charge in [0.15, 0.2) is 0 Å². The molecular formula is C7H26OSi. The van der Waals surface area contributed by atoms with Crippen LogP contribution in [0, 0.1) is 0 Å². The molecule has 0 bridgehead atoms. The summed E-state index contributed by atoms with van der Waals surface area (Å²) in [5.74, 6) is 0. The Morgan fingerprint density at radius 2 is 0.889 bits per heavy atom. The molecule has 0 aliphatic rings. The van der Waals surface area contributed by atoms with Crippen molar-refractivity contribution in [2.45, 2.75) is 35.4 Å². The van der Waals surface area contributed by atoms with E-state index in [2.05, 4.69) is 17.8 Å². The number of methoxy groups -OCH3 is 1. The minimum absolute atomic E-state index is 0. The molecule has 0 rings (SSSR count). The van der Waals surface area contributed by atoms with E-state index in [0.717, 1.165) is 0 Å². The molecule has 2 heteroatoms. The first kappa shape index (κ1) is 35.2. The van der Waals surface area contributed by atoms with E-state index in [0.29, 0.717) is 9.52 Å². The van der Waals surface area contributed by atoms with Gasteiger partial charge in [0.2, 0.25) is 0 Å². The van der Waals surface area contributed by atoms with Gasteiger partial charge < -0.3 is 4.74 Å². The van der Waals surface area contributed by atoms with E-state index in [-0.39, 0.29) is 22.3 Å². The molecule has 0 heterocycles. The van der Waals surface area contributed by atoms with Crippen LogP contribution in [0.2, 0.25) is 13.1 Å². The highest BCUT2D eigenvalue weighted by molar-refractivity contribution is 6.31. The molecule has 0 aliphatic heterocycles. The molecule has 0 aromatic heterocycles. The Kier molecular flexibility index (Phi) is 347. The van der Waals surface area contributed by atoms with Gasteiger partial charge in [0, 0.05) is 23.7 Å². The highest BCUT2D eigenvalue weighted by Crippen LogP contribution is 1.36. The number of hydrogen-bond donors (Lipinski definition) is 0. The Balaban J connectivity index is -0.00000000889. The predicted octanol–water partition coefficient (Wildman–Crippen LogP) is 2.42. The van der Waals surface area contributed by atoms with Gasteiger partial charge in [-0.3, -0.25) is 0 Å². The lowest BCUT2D eigenvalue weighted by Crippen LogP contribution is -1.55. The summed E-state index contributed by atoms with van der Waals surface area (Å²) in [4.78, 5) is 0. The van der Waals surface area contributed by atoms with Crippen LogP contribution in [0.25, 0.3) is 0 Å². The lowest BCUT2D eigenvalue weighted by atomic mass is 11.6. The van der Waals surface area contributed by atoms with Crippen molar-refractivity contribution in [3.05, 3.63) is 0 Å². The van der Waals surface area contributed by atoms with E-state index in [9.17, 15) is 0 Å². The molecule has 0 atom stereocenters. The molecule has 0 radical (unpaired) electrons. The van der Waals surface area contributed by atoms with E-state index < -0.39 is 0 Å². The third-order valence-corrected chi connectivity index (χ3v) is 0. The maximum atomic E-state index is 4.25. The maximum absolute atomic E-state index is 4.25. The molecule has 0 aliphatic carbocycles. The lowest BCUT2D eigenvalue weighted by Gasteiger charge is -1.61. The largest absolute Gasteiger partial charge is 0.388 e. The van der Waals surface area contributed by atoms with Crippen LogP contribution in [-0.2, 0) is 4.74 Å². The summed E-state index contributed by atoms with van der Waals surface area (Å²) in [6.07, 6.45) is 0. The quantitative estimate of drug-likeness (QED) is 0.487. The van der Waals surface area contributed by atoms with Gasteiger partial charge in [-0.1, -0.05) is 35.4 Å². The molecule has 0 saturated heterocycles. The van der Waals surface area contributed by atoms with Gasteiger partial charge in [-0.15, -0.1) is 0 Å². The molecule has 0 saturated carbocycles. The van der Waals surface area contributed by atoms with E-state index in [4.69, 9.17) is 0 Å². The summed E-state index contributed by atoms with van der Waals surface area (Å²) in [6, 6.07) is 0. The van der Waals surface area contributed by atoms with E-state index in [1.54, 1.807) is 14.2 Å². The molecule has 0 spiro atoms. The van der Waals surface area contributed by atoms with Gasteiger partial charge in [0.05, 0.1) is 0 Å². The average molecular weight is 154 g/mol. The Morgan fingerprint density at radius 1 is 0.889 bits per heavy atom. The second-order valence-electron chi connectivity index (χ2n) is 1.12. The van der Waals surface area contributed by atoms with Gasteiger partial charge >= 0.3 is 0 Å². The Hall–Kier alpha value is 0.177. The highest BCUT2D eigenvalue weighted by atomic mass is 28.2. The van der Waals surface area contributed by atoms with Crippen molar-refractivity contribution >= 4 is 9.52 Å². The molecule has 0 aromatic carbocycles. The number of rotatable bonds is 0. The third kappa shape index (κ3) is 9970. The normalized spacial score (nSPS) is 4.00. The summed E-state index contributed by atoms with van der Waals surface area (Å²) in [7, 11) is 3.67.